The van der Waals surface area contributed by atoms with Gasteiger partial charge in [-0.05, 0) is 24.5 Å². The monoisotopic (exact) mass is 252 g/mol. The van der Waals surface area contributed by atoms with Gasteiger partial charge < -0.3 is 4.74 Å². The standard InChI is InChI=1S/C14H20O2S/c1-3-4-9-16-14(15)11-17-10-13-8-6-5-7-12(13)2/h5-8H,3-4,9-11H2,1-2H3. The molecule has 0 saturated carbocycles. The Bertz CT molecular complexity index is 350. The van der Waals surface area contributed by atoms with Crippen LogP contribution in [0.25, 0.3) is 0 Å². The summed E-state index contributed by atoms with van der Waals surface area (Å²) in [5, 5.41) is 0. The fourth-order valence-electron chi connectivity index (χ4n) is 1.39. The van der Waals surface area contributed by atoms with Crippen LogP contribution in [0.15, 0.2) is 24.3 Å². The maximum absolute atomic E-state index is 11.3. The number of aryl methyl sites for hydroxylation is 1. The van der Waals surface area contributed by atoms with Gasteiger partial charge in [0, 0.05) is 5.75 Å². The summed E-state index contributed by atoms with van der Waals surface area (Å²) >= 11 is 1.61. The van der Waals surface area contributed by atoms with E-state index >= 15 is 0 Å². The van der Waals surface area contributed by atoms with Crippen molar-refractivity contribution in [1.82, 2.24) is 0 Å². The third-order valence-corrected chi connectivity index (χ3v) is 3.45. The van der Waals surface area contributed by atoms with E-state index in [1.54, 1.807) is 11.8 Å². The largest absolute Gasteiger partial charge is 0.465 e. The molecule has 0 atom stereocenters. The van der Waals surface area contributed by atoms with Crippen LogP contribution in [0, 0.1) is 6.92 Å². The molecule has 0 N–H and O–H groups in total. The molecule has 3 heteroatoms. The molecule has 0 amide bonds. The van der Waals surface area contributed by atoms with Gasteiger partial charge in [0.15, 0.2) is 0 Å². The predicted octanol–water partition coefficient (Wildman–Crippen LogP) is 3.57. The zero-order valence-electron chi connectivity index (χ0n) is 10.6. The molecule has 0 heterocycles. The highest BCUT2D eigenvalue weighted by atomic mass is 32.2. The molecule has 0 spiro atoms. The Morgan fingerprint density at radius 1 is 1.35 bits per heavy atom. The Morgan fingerprint density at radius 3 is 2.82 bits per heavy atom. The van der Waals surface area contributed by atoms with E-state index in [2.05, 4.69) is 26.0 Å². The van der Waals surface area contributed by atoms with Crippen LogP contribution in [0.5, 0.6) is 0 Å². The van der Waals surface area contributed by atoms with E-state index in [1.807, 2.05) is 12.1 Å². The van der Waals surface area contributed by atoms with Crippen molar-refractivity contribution < 1.29 is 9.53 Å². The van der Waals surface area contributed by atoms with Crippen LogP contribution in [-0.4, -0.2) is 18.3 Å². The van der Waals surface area contributed by atoms with E-state index in [4.69, 9.17) is 4.74 Å². The topological polar surface area (TPSA) is 26.3 Å². The first-order valence-electron chi connectivity index (χ1n) is 6.02. The molecule has 0 bridgehead atoms. The molecule has 0 aliphatic carbocycles. The number of benzene rings is 1. The number of carbonyl (C=O) groups is 1. The molecule has 0 aliphatic rings. The number of esters is 1. The van der Waals surface area contributed by atoms with Crippen LogP contribution in [0.1, 0.15) is 30.9 Å². The predicted molar refractivity (Wildman–Crippen MR) is 73.2 cm³/mol. The Morgan fingerprint density at radius 2 is 2.12 bits per heavy atom. The first-order valence-corrected chi connectivity index (χ1v) is 7.17. The van der Waals surface area contributed by atoms with Gasteiger partial charge in [-0.25, -0.2) is 0 Å². The van der Waals surface area contributed by atoms with Crippen molar-refractivity contribution in [3.63, 3.8) is 0 Å². The fourth-order valence-corrected chi connectivity index (χ4v) is 2.28. The van der Waals surface area contributed by atoms with Gasteiger partial charge in [-0.2, -0.15) is 0 Å². The van der Waals surface area contributed by atoms with Crippen molar-refractivity contribution in [2.45, 2.75) is 32.4 Å². The van der Waals surface area contributed by atoms with Crippen LogP contribution < -0.4 is 0 Å². The number of thioether (sulfide) groups is 1. The van der Waals surface area contributed by atoms with Crippen molar-refractivity contribution in [1.29, 1.82) is 0 Å². The maximum Gasteiger partial charge on any atom is 0.315 e. The van der Waals surface area contributed by atoms with Gasteiger partial charge in [-0.15, -0.1) is 11.8 Å². The van der Waals surface area contributed by atoms with Gasteiger partial charge in [-0.1, -0.05) is 37.6 Å². The summed E-state index contributed by atoms with van der Waals surface area (Å²) in [7, 11) is 0. The molecule has 0 radical (unpaired) electrons. The van der Waals surface area contributed by atoms with Crippen LogP contribution in [-0.2, 0) is 15.3 Å². The summed E-state index contributed by atoms with van der Waals surface area (Å²) < 4.78 is 5.09. The summed E-state index contributed by atoms with van der Waals surface area (Å²) in [6.07, 6.45) is 2.01. The third-order valence-electron chi connectivity index (χ3n) is 2.50. The van der Waals surface area contributed by atoms with Crippen molar-refractivity contribution in [3.8, 4) is 0 Å². The minimum atomic E-state index is -0.1000. The Balaban J connectivity index is 2.19. The number of ether oxygens (including phenoxy) is 1. The second kappa shape index (κ2) is 8.18. The lowest BCUT2D eigenvalue weighted by Gasteiger charge is -2.05. The summed E-state index contributed by atoms with van der Waals surface area (Å²) in [4.78, 5) is 11.3. The van der Waals surface area contributed by atoms with Gasteiger partial charge >= 0.3 is 5.97 Å². The highest BCUT2D eigenvalue weighted by Crippen LogP contribution is 2.15. The average molecular weight is 252 g/mol. The Kier molecular flexibility index (Phi) is 6.78. The lowest BCUT2D eigenvalue weighted by Crippen LogP contribution is -2.08. The highest BCUT2D eigenvalue weighted by molar-refractivity contribution is 7.99. The van der Waals surface area contributed by atoms with Crippen LogP contribution in [0.3, 0.4) is 0 Å². The molecule has 17 heavy (non-hydrogen) atoms. The van der Waals surface area contributed by atoms with Gasteiger partial charge in [0.2, 0.25) is 0 Å². The molecule has 0 aliphatic heterocycles. The van der Waals surface area contributed by atoms with Crippen LogP contribution >= 0.6 is 11.8 Å². The van der Waals surface area contributed by atoms with Crippen molar-refractivity contribution >= 4 is 17.7 Å². The molecule has 0 fully saturated rings. The normalized spacial score (nSPS) is 10.2. The second-order valence-electron chi connectivity index (χ2n) is 3.99. The molecule has 0 unspecified atom stereocenters. The van der Waals surface area contributed by atoms with Gasteiger partial charge in [0.1, 0.15) is 0 Å². The average Bonchev–Trinajstić information content (AvgIpc) is 2.32. The molecular weight excluding hydrogens is 232 g/mol. The number of carbonyl (C=O) groups excluding carboxylic acids is 1. The summed E-state index contributed by atoms with van der Waals surface area (Å²) in [6, 6.07) is 8.26. The minimum absolute atomic E-state index is 0.1000. The molecular formula is C14H20O2S. The highest BCUT2D eigenvalue weighted by Gasteiger charge is 2.03. The lowest BCUT2D eigenvalue weighted by molar-refractivity contribution is -0.140. The zero-order chi connectivity index (χ0) is 12.5. The molecule has 94 valence electrons. The van der Waals surface area contributed by atoms with E-state index in [0.717, 1.165) is 18.6 Å². The second-order valence-corrected chi connectivity index (χ2v) is 4.98. The number of hydrogen-bond acceptors (Lipinski definition) is 3. The van der Waals surface area contributed by atoms with Crippen molar-refractivity contribution in [3.05, 3.63) is 35.4 Å². The third kappa shape index (κ3) is 5.78. The smallest absolute Gasteiger partial charge is 0.315 e. The molecule has 1 aromatic carbocycles. The maximum atomic E-state index is 11.3. The molecule has 0 aromatic heterocycles. The Hall–Kier alpha value is -0.960. The first-order chi connectivity index (χ1) is 8.24. The van der Waals surface area contributed by atoms with Gasteiger partial charge in [-0.3, -0.25) is 4.79 Å². The SMILES string of the molecule is CCCCOC(=O)CSCc1ccccc1C. The quantitative estimate of drug-likeness (QED) is 0.548. The summed E-state index contributed by atoms with van der Waals surface area (Å²) in [5.74, 6) is 1.21. The zero-order valence-corrected chi connectivity index (χ0v) is 11.4. The molecule has 2 nitrogen and oxygen atoms in total. The van der Waals surface area contributed by atoms with Crippen LogP contribution in [0.4, 0.5) is 0 Å². The summed E-state index contributed by atoms with van der Waals surface area (Å²) in [5.41, 5.74) is 2.57. The van der Waals surface area contributed by atoms with Gasteiger partial charge in [0.05, 0.1) is 12.4 Å². The first kappa shape index (κ1) is 14.1. The van der Waals surface area contributed by atoms with Crippen LogP contribution in [0.2, 0.25) is 0 Å². The number of unbranched alkanes of at least 4 members (excludes halogenated alkanes) is 1. The fraction of sp³-hybridized carbons (Fsp3) is 0.500. The summed E-state index contributed by atoms with van der Waals surface area (Å²) in [6.45, 7) is 4.73. The van der Waals surface area contributed by atoms with Gasteiger partial charge in [0.25, 0.3) is 0 Å². The molecule has 0 saturated heterocycles. The molecule has 1 rings (SSSR count). The van der Waals surface area contributed by atoms with E-state index in [-0.39, 0.29) is 5.97 Å². The van der Waals surface area contributed by atoms with E-state index in [9.17, 15) is 4.79 Å². The van der Waals surface area contributed by atoms with Crippen molar-refractivity contribution in [2.24, 2.45) is 0 Å². The van der Waals surface area contributed by atoms with E-state index in [1.165, 1.54) is 11.1 Å². The van der Waals surface area contributed by atoms with E-state index in [0.29, 0.717) is 12.4 Å². The number of rotatable bonds is 7. The van der Waals surface area contributed by atoms with E-state index < -0.39 is 0 Å². The molecule has 1 aromatic rings. The Labute approximate surface area is 108 Å². The lowest BCUT2D eigenvalue weighted by atomic mass is 10.1. The number of hydrogen-bond donors (Lipinski definition) is 0. The van der Waals surface area contributed by atoms with Crippen molar-refractivity contribution in [2.75, 3.05) is 12.4 Å². The minimum Gasteiger partial charge on any atom is -0.465 e.